The second-order valence-electron chi connectivity index (χ2n) is 6.80. The number of fused-ring (bicyclic) bond motifs is 1. The Bertz CT molecular complexity index is 681. The molecule has 5 rings (SSSR count). The van der Waals surface area contributed by atoms with Crippen LogP contribution in [0.3, 0.4) is 0 Å². The maximum Gasteiger partial charge on any atom is 0.307 e. The molecule has 0 aliphatic heterocycles. The average molecular weight is 297 g/mol. The van der Waals surface area contributed by atoms with E-state index in [-0.39, 0.29) is 17.7 Å². The van der Waals surface area contributed by atoms with Crippen LogP contribution >= 0.6 is 0 Å². The molecular formula is C18H19NO3. The molecule has 1 aromatic carbocycles. The number of carboxylic acid groups (broad SMARTS) is 1. The molecule has 1 amide bonds. The van der Waals surface area contributed by atoms with Crippen LogP contribution in [0.2, 0.25) is 0 Å². The Morgan fingerprint density at radius 3 is 2.36 bits per heavy atom. The molecule has 0 heterocycles. The van der Waals surface area contributed by atoms with Crippen LogP contribution in [0, 0.1) is 42.4 Å². The van der Waals surface area contributed by atoms with Gasteiger partial charge in [0.05, 0.1) is 11.8 Å². The molecule has 2 bridgehead atoms. The van der Waals surface area contributed by atoms with E-state index in [1.165, 1.54) is 0 Å². The van der Waals surface area contributed by atoms with E-state index in [1.807, 2.05) is 37.3 Å². The monoisotopic (exact) mass is 297 g/mol. The number of nitrogens with one attached hydrogen (secondary N) is 1. The summed E-state index contributed by atoms with van der Waals surface area (Å²) in [6.45, 7) is 1.94. The Balaban J connectivity index is 1.63. The number of carboxylic acids is 1. The number of carbonyl (C=O) groups excluding carboxylic acids is 1. The van der Waals surface area contributed by atoms with Crippen LogP contribution in [0.15, 0.2) is 36.4 Å². The quantitative estimate of drug-likeness (QED) is 0.843. The lowest BCUT2D eigenvalue weighted by atomic mass is 9.62. The third kappa shape index (κ3) is 1.90. The SMILES string of the molecule is Cc1ccccc1NC(=O)[C@@H]1[C@@H]2C=C[C@H]([C@H]3C[C@H]23)[C@@H]1C(=O)O. The van der Waals surface area contributed by atoms with E-state index in [4.69, 9.17) is 0 Å². The number of amides is 1. The summed E-state index contributed by atoms with van der Waals surface area (Å²) < 4.78 is 0. The highest BCUT2D eigenvalue weighted by Gasteiger charge is 2.62. The first-order valence-electron chi connectivity index (χ1n) is 7.85. The Hall–Kier alpha value is -2.10. The summed E-state index contributed by atoms with van der Waals surface area (Å²) in [7, 11) is 0. The van der Waals surface area contributed by atoms with Crippen molar-refractivity contribution < 1.29 is 14.7 Å². The summed E-state index contributed by atoms with van der Waals surface area (Å²) in [5, 5.41) is 12.6. The van der Waals surface area contributed by atoms with E-state index in [0.717, 1.165) is 17.7 Å². The van der Waals surface area contributed by atoms with Gasteiger partial charge in [-0.3, -0.25) is 9.59 Å². The molecule has 4 aliphatic rings. The Morgan fingerprint density at radius 2 is 1.73 bits per heavy atom. The van der Waals surface area contributed by atoms with Crippen molar-refractivity contribution in [1.29, 1.82) is 0 Å². The lowest BCUT2D eigenvalue weighted by molar-refractivity contribution is -0.152. The van der Waals surface area contributed by atoms with E-state index >= 15 is 0 Å². The smallest absolute Gasteiger partial charge is 0.307 e. The highest BCUT2D eigenvalue weighted by molar-refractivity contribution is 5.96. The van der Waals surface area contributed by atoms with Gasteiger partial charge >= 0.3 is 5.97 Å². The molecule has 0 aromatic heterocycles. The lowest BCUT2D eigenvalue weighted by Gasteiger charge is -2.41. The Morgan fingerprint density at radius 1 is 1.09 bits per heavy atom. The number of aliphatic carboxylic acids is 1. The van der Waals surface area contributed by atoms with Crippen molar-refractivity contribution in [2.75, 3.05) is 5.32 Å². The zero-order chi connectivity index (χ0) is 15.4. The van der Waals surface area contributed by atoms with Crippen LogP contribution in [-0.4, -0.2) is 17.0 Å². The second-order valence-corrected chi connectivity index (χ2v) is 6.80. The van der Waals surface area contributed by atoms with E-state index in [1.54, 1.807) is 0 Å². The molecule has 22 heavy (non-hydrogen) atoms. The summed E-state index contributed by atoms with van der Waals surface area (Å²) in [5.41, 5.74) is 1.76. The molecule has 2 fully saturated rings. The number of anilines is 1. The zero-order valence-electron chi connectivity index (χ0n) is 12.4. The molecule has 2 N–H and O–H groups in total. The number of hydrogen-bond acceptors (Lipinski definition) is 2. The highest BCUT2D eigenvalue weighted by Crippen LogP contribution is 2.63. The third-order valence-electron chi connectivity index (χ3n) is 5.64. The van der Waals surface area contributed by atoms with Gasteiger partial charge in [0.15, 0.2) is 0 Å². The van der Waals surface area contributed by atoms with Crippen molar-refractivity contribution in [3.8, 4) is 0 Å². The predicted octanol–water partition coefficient (Wildman–Crippen LogP) is 2.70. The number of carbonyl (C=O) groups is 2. The van der Waals surface area contributed by atoms with Crippen LogP contribution in [0.5, 0.6) is 0 Å². The van der Waals surface area contributed by atoms with Crippen molar-refractivity contribution in [3.05, 3.63) is 42.0 Å². The standard InChI is InChI=1S/C18H19NO3/c1-9-4-2-3-5-14(9)19-17(20)15-10-6-7-11(13-8-12(10)13)16(15)18(21)22/h2-7,10-13,15-16H,8H2,1H3,(H,19,20)(H,21,22)/t10-,11-,12-,13-,15-,16+/m1/s1. The Labute approximate surface area is 129 Å². The molecule has 4 aliphatic carbocycles. The molecule has 2 saturated carbocycles. The van der Waals surface area contributed by atoms with Gasteiger partial charge in [-0.1, -0.05) is 30.4 Å². The van der Waals surface area contributed by atoms with Crippen molar-refractivity contribution >= 4 is 17.6 Å². The summed E-state index contributed by atoms with van der Waals surface area (Å²) in [6.07, 6.45) is 5.19. The van der Waals surface area contributed by atoms with Gasteiger partial charge in [-0.15, -0.1) is 0 Å². The fraction of sp³-hybridized carbons (Fsp3) is 0.444. The maximum absolute atomic E-state index is 12.8. The van der Waals surface area contributed by atoms with E-state index in [2.05, 4.69) is 11.4 Å². The normalized spacial score (nSPS) is 37.5. The third-order valence-corrected chi connectivity index (χ3v) is 5.64. The fourth-order valence-corrected chi connectivity index (χ4v) is 4.50. The first kappa shape index (κ1) is 13.6. The fourth-order valence-electron chi connectivity index (χ4n) is 4.50. The summed E-state index contributed by atoms with van der Waals surface area (Å²) in [4.78, 5) is 24.5. The van der Waals surface area contributed by atoms with Crippen LogP contribution in [0.1, 0.15) is 12.0 Å². The van der Waals surface area contributed by atoms with Crippen molar-refractivity contribution in [1.82, 2.24) is 0 Å². The summed E-state index contributed by atoms with van der Waals surface area (Å²) in [6, 6.07) is 7.60. The molecule has 4 heteroatoms. The maximum atomic E-state index is 12.8. The molecule has 0 radical (unpaired) electrons. The molecule has 6 atom stereocenters. The predicted molar refractivity (Wildman–Crippen MR) is 82.1 cm³/mol. The molecule has 114 valence electrons. The van der Waals surface area contributed by atoms with Gasteiger partial charge < -0.3 is 10.4 Å². The van der Waals surface area contributed by atoms with Gasteiger partial charge in [0.2, 0.25) is 5.91 Å². The minimum absolute atomic E-state index is 0.0279. The molecule has 1 aromatic rings. The van der Waals surface area contributed by atoms with Crippen LogP contribution in [-0.2, 0) is 9.59 Å². The number of hydrogen-bond donors (Lipinski definition) is 2. The van der Waals surface area contributed by atoms with Crippen LogP contribution in [0.25, 0.3) is 0 Å². The lowest BCUT2D eigenvalue weighted by Crippen LogP contribution is -2.48. The molecule has 0 spiro atoms. The second kappa shape index (κ2) is 4.70. The van der Waals surface area contributed by atoms with Crippen molar-refractivity contribution in [3.63, 3.8) is 0 Å². The van der Waals surface area contributed by atoms with Crippen molar-refractivity contribution in [2.45, 2.75) is 13.3 Å². The molecule has 0 saturated heterocycles. The van der Waals surface area contributed by atoms with Gasteiger partial charge in [-0.25, -0.2) is 0 Å². The number of allylic oxidation sites excluding steroid dienone is 2. The number of benzene rings is 1. The van der Waals surface area contributed by atoms with E-state index < -0.39 is 17.8 Å². The molecule has 0 unspecified atom stereocenters. The highest BCUT2D eigenvalue weighted by atomic mass is 16.4. The first-order valence-corrected chi connectivity index (χ1v) is 7.85. The zero-order valence-corrected chi connectivity index (χ0v) is 12.4. The summed E-state index contributed by atoms with van der Waals surface area (Å²) in [5.74, 6) is -0.906. The minimum Gasteiger partial charge on any atom is -0.481 e. The average Bonchev–Trinajstić information content (AvgIpc) is 3.30. The van der Waals surface area contributed by atoms with E-state index in [9.17, 15) is 14.7 Å². The van der Waals surface area contributed by atoms with Crippen LogP contribution < -0.4 is 5.32 Å². The topological polar surface area (TPSA) is 66.4 Å². The summed E-state index contributed by atoms with van der Waals surface area (Å²) >= 11 is 0. The van der Waals surface area contributed by atoms with Gasteiger partial charge in [0, 0.05) is 5.69 Å². The molecule has 4 nitrogen and oxygen atoms in total. The van der Waals surface area contributed by atoms with Gasteiger partial charge in [-0.05, 0) is 48.6 Å². The van der Waals surface area contributed by atoms with E-state index in [0.29, 0.717) is 11.8 Å². The van der Waals surface area contributed by atoms with Crippen LogP contribution in [0.4, 0.5) is 5.69 Å². The largest absolute Gasteiger partial charge is 0.481 e. The minimum atomic E-state index is -0.838. The number of rotatable bonds is 3. The number of aryl methyl sites for hydroxylation is 1. The number of para-hydroxylation sites is 1. The van der Waals surface area contributed by atoms with Gasteiger partial charge in [0.25, 0.3) is 0 Å². The first-order chi connectivity index (χ1) is 10.6. The molecular weight excluding hydrogens is 278 g/mol. The van der Waals surface area contributed by atoms with Crippen molar-refractivity contribution in [2.24, 2.45) is 35.5 Å². The Kier molecular flexibility index (Phi) is 2.90. The van der Waals surface area contributed by atoms with Gasteiger partial charge in [-0.2, -0.15) is 0 Å². The van der Waals surface area contributed by atoms with Gasteiger partial charge in [0.1, 0.15) is 0 Å².